The van der Waals surface area contributed by atoms with Gasteiger partial charge in [-0.3, -0.25) is 0 Å². The predicted molar refractivity (Wildman–Crippen MR) is 81.2 cm³/mol. The van der Waals surface area contributed by atoms with Crippen LogP contribution in [0.15, 0.2) is 23.1 Å². The van der Waals surface area contributed by atoms with Crippen molar-refractivity contribution in [3.63, 3.8) is 0 Å². The van der Waals surface area contributed by atoms with Crippen LogP contribution >= 0.6 is 11.6 Å². The van der Waals surface area contributed by atoms with Crippen molar-refractivity contribution in [3.8, 4) is 0 Å². The third-order valence-electron chi connectivity index (χ3n) is 3.47. The van der Waals surface area contributed by atoms with Crippen molar-refractivity contribution in [2.24, 2.45) is 0 Å². The van der Waals surface area contributed by atoms with Crippen molar-refractivity contribution in [1.82, 2.24) is 8.61 Å². The van der Waals surface area contributed by atoms with Crippen molar-refractivity contribution in [2.75, 3.05) is 31.9 Å². The van der Waals surface area contributed by atoms with E-state index in [1.165, 1.54) is 17.3 Å². The highest BCUT2D eigenvalue weighted by atomic mass is 35.5. The van der Waals surface area contributed by atoms with E-state index in [1.807, 2.05) is 0 Å². The van der Waals surface area contributed by atoms with Crippen LogP contribution in [0.1, 0.15) is 6.92 Å². The van der Waals surface area contributed by atoms with E-state index in [9.17, 15) is 21.2 Å². The standard InChI is InChI=1S/C12H16ClFN2O4S2/c1-2-21(17,18)15-5-7-16(8-6-15)22(19,20)12-9-10(13)3-4-11(12)14/h3-4,9H,2,5-8H2,1H3. The van der Waals surface area contributed by atoms with E-state index >= 15 is 0 Å². The van der Waals surface area contributed by atoms with E-state index in [-0.39, 0.29) is 37.0 Å². The first kappa shape index (κ1) is 17.6. The summed E-state index contributed by atoms with van der Waals surface area (Å²) in [6.07, 6.45) is 0. The molecule has 0 spiro atoms. The maximum atomic E-state index is 13.8. The second kappa shape index (κ2) is 6.40. The van der Waals surface area contributed by atoms with Crippen LogP contribution in [0.2, 0.25) is 5.02 Å². The lowest BCUT2D eigenvalue weighted by Gasteiger charge is -2.33. The maximum absolute atomic E-state index is 13.8. The number of benzene rings is 1. The van der Waals surface area contributed by atoms with Crippen molar-refractivity contribution >= 4 is 31.6 Å². The zero-order chi connectivity index (χ0) is 16.5. The molecule has 2 rings (SSSR count). The van der Waals surface area contributed by atoms with E-state index in [0.717, 1.165) is 16.4 Å². The van der Waals surface area contributed by atoms with Gasteiger partial charge in [0.25, 0.3) is 0 Å². The van der Waals surface area contributed by atoms with Crippen LogP contribution in [0.5, 0.6) is 0 Å². The SMILES string of the molecule is CCS(=O)(=O)N1CCN(S(=O)(=O)c2cc(Cl)ccc2F)CC1. The van der Waals surface area contributed by atoms with Crippen molar-refractivity contribution in [3.05, 3.63) is 29.0 Å². The quantitative estimate of drug-likeness (QED) is 0.796. The number of hydrogen-bond acceptors (Lipinski definition) is 4. The fraction of sp³-hybridized carbons (Fsp3) is 0.500. The van der Waals surface area contributed by atoms with Gasteiger partial charge in [0.2, 0.25) is 20.0 Å². The third-order valence-corrected chi connectivity index (χ3v) is 7.50. The normalized spacial score (nSPS) is 18.5. The van der Waals surface area contributed by atoms with Crippen LogP contribution < -0.4 is 0 Å². The van der Waals surface area contributed by atoms with E-state index in [0.29, 0.717) is 0 Å². The van der Waals surface area contributed by atoms with Gasteiger partial charge in [-0.05, 0) is 25.1 Å². The molecule has 0 saturated carbocycles. The molecule has 1 aliphatic heterocycles. The van der Waals surface area contributed by atoms with Crippen molar-refractivity contribution in [2.45, 2.75) is 11.8 Å². The molecule has 0 unspecified atom stereocenters. The second-order valence-corrected chi connectivity index (χ2v) is 9.38. The third kappa shape index (κ3) is 3.43. The van der Waals surface area contributed by atoms with E-state index in [4.69, 9.17) is 11.6 Å². The number of halogens is 2. The molecule has 1 heterocycles. The van der Waals surface area contributed by atoms with E-state index in [2.05, 4.69) is 0 Å². The molecule has 22 heavy (non-hydrogen) atoms. The lowest BCUT2D eigenvalue weighted by atomic mass is 10.3. The Labute approximate surface area is 134 Å². The highest BCUT2D eigenvalue weighted by Gasteiger charge is 2.33. The molecular formula is C12H16ClFN2O4S2. The number of rotatable bonds is 4. The molecule has 1 saturated heterocycles. The Bertz CT molecular complexity index is 759. The fourth-order valence-corrected chi connectivity index (χ4v) is 5.02. The van der Waals surface area contributed by atoms with Gasteiger partial charge in [0, 0.05) is 31.2 Å². The lowest BCUT2D eigenvalue weighted by Crippen LogP contribution is -2.50. The van der Waals surface area contributed by atoms with Crippen LogP contribution in [0, 0.1) is 5.82 Å². The first-order valence-electron chi connectivity index (χ1n) is 6.61. The summed E-state index contributed by atoms with van der Waals surface area (Å²) in [5.41, 5.74) is 0. The van der Waals surface area contributed by atoms with Gasteiger partial charge in [-0.2, -0.15) is 8.61 Å². The van der Waals surface area contributed by atoms with Gasteiger partial charge in [0.15, 0.2) is 0 Å². The Morgan fingerprint density at radius 2 is 1.64 bits per heavy atom. The van der Waals surface area contributed by atoms with Gasteiger partial charge in [0.1, 0.15) is 10.7 Å². The Morgan fingerprint density at radius 3 is 2.18 bits per heavy atom. The van der Waals surface area contributed by atoms with Crippen LogP contribution in [-0.2, 0) is 20.0 Å². The van der Waals surface area contributed by atoms with Crippen LogP contribution in [0.4, 0.5) is 4.39 Å². The highest BCUT2D eigenvalue weighted by Crippen LogP contribution is 2.24. The minimum Gasteiger partial charge on any atom is -0.212 e. The summed E-state index contributed by atoms with van der Waals surface area (Å²) < 4.78 is 64.5. The molecule has 0 N–H and O–H groups in total. The Kier molecular flexibility index (Phi) is 5.13. The molecule has 1 fully saturated rings. The molecule has 0 bridgehead atoms. The van der Waals surface area contributed by atoms with Gasteiger partial charge in [-0.15, -0.1) is 0 Å². The van der Waals surface area contributed by atoms with Crippen LogP contribution in [-0.4, -0.2) is 57.4 Å². The van der Waals surface area contributed by atoms with Crippen LogP contribution in [0.25, 0.3) is 0 Å². The molecule has 0 aromatic heterocycles. The highest BCUT2D eigenvalue weighted by molar-refractivity contribution is 7.89. The van der Waals surface area contributed by atoms with Crippen LogP contribution in [0.3, 0.4) is 0 Å². The molecule has 1 aromatic rings. The molecule has 0 amide bonds. The maximum Gasteiger partial charge on any atom is 0.246 e. The monoisotopic (exact) mass is 370 g/mol. The molecule has 10 heteroatoms. The predicted octanol–water partition coefficient (Wildman–Crippen LogP) is 1.14. The van der Waals surface area contributed by atoms with E-state index in [1.54, 1.807) is 0 Å². The summed E-state index contributed by atoms with van der Waals surface area (Å²) in [6, 6.07) is 3.32. The molecule has 1 aromatic carbocycles. The molecular weight excluding hydrogens is 355 g/mol. The summed E-state index contributed by atoms with van der Waals surface area (Å²) in [7, 11) is -7.39. The first-order chi connectivity index (χ1) is 10.2. The molecule has 1 aliphatic rings. The topological polar surface area (TPSA) is 74.8 Å². The summed E-state index contributed by atoms with van der Waals surface area (Å²) >= 11 is 5.73. The molecule has 0 aliphatic carbocycles. The van der Waals surface area contributed by atoms with Gasteiger partial charge < -0.3 is 0 Å². The minimum atomic E-state index is -4.04. The van der Waals surface area contributed by atoms with Gasteiger partial charge in [0.05, 0.1) is 5.75 Å². The summed E-state index contributed by atoms with van der Waals surface area (Å²) in [5.74, 6) is -0.920. The lowest BCUT2D eigenvalue weighted by molar-refractivity contribution is 0.272. The minimum absolute atomic E-state index is 0.0203. The van der Waals surface area contributed by atoms with Crippen molar-refractivity contribution in [1.29, 1.82) is 0 Å². The number of piperazine rings is 1. The second-order valence-electron chi connectivity index (χ2n) is 4.78. The van der Waals surface area contributed by atoms with Gasteiger partial charge >= 0.3 is 0 Å². The van der Waals surface area contributed by atoms with E-state index < -0.39 is 30.8 Å². The summed E-state index contributed by atoms with van der Waals surface area (Å²) in [6.45, 7) is 1.59. The smallest absolute Gasteiger partial charge is 0.212 e. The zero-order valence-corrected chi connectivity index (χ0v) is 14.3. The van der Waals surface area contributed by atoms with Gasteiger partial charge in [-0.1, -0.05) is 11.6 Å². The molecule has 124 valence electrons. The molecule has 0 radical (unpaired) electrons. The van der Waals surface area contributed by atoms with Gasteiger partial charge in [-0.25, -0.2) is 21.2 Å². The Hall–Kier alpha value is -0.740. The van der Waals surface area contributed by atoms with Crippen molar-refractivity contribution < 1.29 is 21.2 Å². The largest absolute Gasteiger partial charge is 0.246 e. The number of hydrogen-bond donors (Lipinski definition) is 0. The average Bonchev–Trinajstić information content (AvgIpc) is 2.49. The fourth-order valence-electron chi connectivity index (χ4n) is 2.18. The Balaban J connectivity index is 2.22. The first-order valence-corrected chi connectivity index (χ1v) is 10.0. The average molecular weight is 371 g/mol. The number of nitrogens with zero attached hydrogens (tertiary/aromatic N) is 2. The Morgan fingerprint density at radius 1 is 1.09 bits per heavy atom. The molecule has 0 atom stereocenters. The molecule has 6 nitrogen and oxygen atoms in total. The summed E-state index contributed by atoms with van der Waals surface area (Å²) in [4.78, 5) is -0.494. The summed E-state index contributed by atoms with van der Waals surface area (Å²) in [5, 5.41) is 0.118. The number of sulfonamides is 2. The zero-order valence-electron chi connectivity index (χ0n) is 11.9.